The Morgan fingerprint density at radius 3 is 2.71 bits per heavy atom. The van der Waals surface area contributed by atoms with E-state index in [-0.39, 0.29) is 5.75 Å². The number of imidazole rings is 1. The van der Waals surface area contributed by atoms with E-state index >= 15 is 0 Å². The number of benzene rings is 2. The molecule has 3 aromatic rings. The number of methoxy groups -OCH3 is 1. The summed E-state index contributed by atoms with van der Waals surface area (Å²) < 4.78 is 16.9. The number of aromatic nitrogens is 2. The van der Waals surface area contributed by atoms with Crippen LogP contribution >= 0.6 is 0 Å². The third-order valence-electron chi connectivity index (χ3n) is 3.71. The molecule has 0 saturated heterocycles. The highest BCUT2D eigenvalue weighted by molar-refractivity contribution is 7.67. The number of hydrogen-bond acceptors (Lipinski definition) is 5. The molecule has 0 bridgehead atoms. The summed E-state index contributed by atoms with van der Waals surface area (Å²) in [6.45, 7) is 0. The van der Waals surface area contributed by atoms with Gasteiger partial charge in [-0.2, -0.15) is 0 Å². The largest absolute Gasteiger partial charge is 0.504 e. The summed E-state index contributed by atoms with van der Waals surface area (Å²) in [4.78, 5) is 10.0. The van der Waals surface area contributed by atoms with Crippen LogP contribution in [0.15, 0.2) is 36.4 Å². The van der Waals surface area contributed by atoms with Crippen molar-refractivity contribution >= 4 is 32.8 Å². The van der Waals surface area contributed by atoms with E-state index in [1.54, 1.807) is 6.07 Å². The summed E-state index contributed by atoms with van der Waals surface area (Å²) in [7, 11) is 5.33. The van der Waals surface area contributed by atoms with Gasteiger partial charge in [0.1, 0.15) is 16.1 Å². The number of aromatic amines is 1. The summed E-state index contributed by atoms with van der Waals surface area (Å²) in [5.74, 6) is 0.822. The van der Waals surface area contributed by atoms with Gasteiger partial charge in [0, 0.05) is 37.5 Å². The van der Waals surface area contributed by atoms with Gasteiger partial charge in [0.15, 0.2) is 17.3 Å². The van der Waals surface area contributed by atoms with Crippen molar-refractivity contribution in [3.05, 3.63) is 47.8 Å². The molecule has 1 aromatic heterocycles. The lowest BCUT2D eigenvalue weighted by atomic mass is 10.1. The van der Waals surface area contributed by atoms with Crippen LogP contribution in [0.3, 0.4) is 0 Å². The zero-order chi connectivity index (χ0) is 17.3. The fraction of sp³-hybridized carbons (Fsp3) is 0.176. The first-order valence-corrected chi connectivity index (χ1v) is 8.00. The van der Waals surface area contributed by atoms with E-state index in [1.807, 2.05) is 43.3 Å². The first kappa shape index (κ1) is 16.1. The van der Waals surface area contributed by atoms with Gasteiger partial charge in [0.05, 0.1) is 18.1 Å². The molecule has 124 valence electrons. The predicted octanol–water partition coefficient (Wildman–Crippen LogP) is 2.12. The van der Waals surface area contributed by atoms with Crippen LogP contribution in [0.2, 0.25) is 0 Å². The molecule has 7 heteroatoms. The van der Waals surface area contributed by atoms with Crippen LogP contribution in [-0.2, 0) is 11.3 Å². The molecule has 0 aliphatic heterocycles. The van der Waals surface area contributed by atoms with Gasteiger partial charge in [-0.3, -0.25) is 0 Å². The van der Waals surface area contributed by atoms with Crippen LogP contribution in [0, 0.1) is 0 Å². The third kappa shape index (κ3) is 2.74. The van der Waals surface area contributed by atoms with Crippen LogP contribution in [0.5, 0.6) is 11.5 Å². The molecular weight excluding hydrogens is 326 g/mol. The van der Waals surface area contributed by atoms with E-state index in [2.05, 4.69) is 9.97 Å². The Morgan fingerprint density at radius 1 is 1.29 bits per heavy atom. The van der Waals surface area contributed by atoms with E-state index in [1.165, 1.54) is 13.2 Å². The Morgan fingerprint density at radius 2 is 2.04 bits per heavy atom. The Balaban J connectivity index is 2.17. The van der Waals surface area contributed by atoms with Crippen LogP contribution in [0.25, 0.3) is 11.0 Å². The van der Waals surface area contributed by atoms with E-state index in [0.717, 1.165) is 11.3 Å². The topological polar surface area (TPSA) is 78.5 Å². The lowest BCUT2D eigenvalue weighted by molar-refractivity contribution is 0.374. The van der Waals surface area contributed by atoms with Crippen molar-refractivity contribution in [1.29, 1.82) is 0 Å². The predicted molar refractivity (Wildman–Crippen MR) is 96.4 cm³/mol. The normalized spacial score (nSPS) is 10.6. The van der Waals surface area contributed by atoms with Crippen LogP contribution in [0.4, 0.5) is 5.69 Å². The number of aromatic hydroxyl groups is 1. The number of phenols is 1. The highest BCUT2D eigenvalue weighted by Gasteiger charge is 2.17. The fourth-order valence-electron chi connectivity index (χ4n) is 2.56. The average Bonchev–Trinajstić information content (AvgIpc) is 2.97. The summed E-state index contributed by atoms with van der Waals surface area (Å²) in [6.07, 6.45) is 0. The monoisotopic (exact) mass is 343 g/mol. The smallest absolute Gasteiger partial charge is 0.162 e. The second-order valence-corrected chi connectivity index (χ2v) is 6.03. The first-order valence-electron chi connectivity index (χ1n) is 7.25. The second-order valence-electron chi connectivity index (χ2n) is 5.45. The van der Waals surface area contributed by atoms with Gasteiger partial charge < -0.3 is 19.7 Å². The van der Waals surface area contributed by atoms with Gasteiger partial charge in [-0.25, -0.2) is 9.19 Å². The van der Waals surface area contributed by atoms with E-state index in [4.69, 9.17) is 4.74 Å². The van der Waals surface area contributed by atoms with Gasteiger partial charge >= 0.3 is 0 Å². The number of rotatable bonds is 4. The van der Waals surface area contributed by atoms with Gasteiger partial charge in [-0.15, -0.1) is 0 Å². The summed E-state index contributed by atoms with van der Waals surface area (Å²) >= 11 is 0.390. The zero-order valence-electron chi connectivity index (χ0n) is 13.5. The molecule has 2 aromatic carbocycles. The van der Waals surface area contributed by atoms with Crippen molar-refractivity contribution in [3.63, 3.8) is 0 Å². The standard InChI is InChI=1S/C17H17N3O3S/c1-20(2)13-7-5-4-6-10(13)16(24-22)17-18-11-8-14(21)15(23-3)9-12(11)19-17/h4-9,21H,1-3H3,(H,18,19). The summed E-state index contributed by atoms with van der Waals surface area (Å²) in [5, 5.41) is 9.89. The number of anilines is 1. The van der Waals surface area contributed by atoms with Gasteiger partial charge in [0.2, 0.25) is 0 Å². The molecule has 0 spiro atoms. The lowest BCUT2D eigenvalue weighted by Crippen LogP contribution is -2.15. The van der Waals surface area contributed by atoms with Crippen molar-refractivity contribution in [2.24, 2.45) is 0 Å². The van der Waals surface area contributed by atoms with Gasteiger partial charge in [-0.05, 0) is 6.07 Å². The molecule has 0 saturated carbocycles. The van der Waals surface area contributed by atoms with Gasteiger partial charge in [0.25, 0.3) is 0 Å². The lowest BCUT2D eigenvalue weighted by Gasteiger charge is -2.16. The number of ether oxygens (including phenoxy) is 1. The maximum atomic E-state index is 11.8. The van der Waals surface area contributed by atoms with E-state index in [0.29, 0.717) is 38.7 Å². The number of nitrogens with zero attached hydrogens (tertiary/aromatic N) is 2. The average molecular weight is 343 g/mol. The molecule has 0 amide bonds. The Bertz CT molecular complexity index is 959. The first-order chi connectivity index (χ1) is 11.5. The number of phenolic OH excluding ortho intramolecular Hbond substituents is 1. The maximum absolute atomic E-state index is 11.8. The molecule has 0 aliphatic rings. The third-order valence-corrected chi connectivity index (χ3v) is 4.29. The molecule has 0 radical (unpaired) electrons. The molecule has 1 heterocycles. The molecule has 0 aliphatic carbocycles. The highest BCUT2D eigenvalue weighted by atomic mass is 32.1. The number of para-hydroxylation sites is 1. The minimum atomic E-state index is 0.00747. The molecule has 6 nitrogen and oxygen atoms in total. The van der Waals surface area contributed by atoms with Crippen molar-refractivity contribution in [1.82, 2.24) is 9.97 Å². The highest BCUT2D eigenvalue weighted by Crippen LogP contribution is 2.30. The van der Waals surface area contributed by atoms with Gasteiger partial charge in [-0.1, -0.05) is 18.2 Å². The molecular formula is C17H17N3O3S. The molecule has 0 unspecified atom stereocenters. The fourth-order valence-corrected chi connectivity index (χ4v) is 3.00. The zero-order valence-corrected chi connectivity index (χ0v) is 14.3. The molecule has 3 rings (SSSR count). The van der Waals surface area contributed by atoms with Crippen LogP contribution in [0.1, 0.15) is 11.4 Å². The van der Waals surface area contributed by atoms with E-state index in [9.17, 15) is 9.32 Å². The molecule has 2 N–H and O–H groups in total. The molecule has 24 heavy (non-hydrogen) atoms. The number of hydrogen-bond donors (Lipinski definition) is 2. The van der Waals surface area contributed by atoms with Crippen molar-refractivity contribution in [2.75, 3.05) is 26.1 Å². The molecule has 0 fully saturated rings. The number of H-pyrrole nitrogens is 1. The van der Waals surface area contributed by atoms with Crippen molar-refractivity contribution in [2.45, 2.75) is 0 Å². The second kappa shape index (κ2) is 6.37. The number of fused-ring (bicyclic) bond motifs is 1. The van der Waals surface area contributed by atoms with Crippen molar-refractivity contribution < 1.29 is 14.1 Å². The maximum Gasteiger partial charge on any atom is 0.162 e. The number of nitrogens with one attached hydrogen (secondary N) is 1. The molecule has 0 atom stereocenters. The van der Waals surface area contributed by atoms with Crippen molar-refractivity contribution in [3.8, 4) is 11.5 Å². The Kier molecular flexibility index (Phi) is 4.26. The van der Waals surface area contributed by atoms with Crippen LogP contribution < -0.4 is 9.64 Å². The Hall–Kier alpha value is -2.80. The SMILES string of the molecule is COc1cc2[nH]c(C(=S=O)c3ccccc3N(C)C)nc2cc1O. The van der Waals surface area contributed by atoms with Crippen LogP contribution in [-0.4, -0.2) is 45.4 Å². The quantitative estimate of drug-likeness (QED) is 0.560. The minimum absolute atomic E-state index is 0.00747. The van der Waals surface area contributed by atoms with E-state index < -0.39 is 0 Å². The summed E-state index contributed by atoms with van der Waals surface area (Å²) in [5.41, 5.74) is 2.99. The minimum Gasteiger partial charge on any atom is -0.504 e. The Labute approximate surface area is 142 Å². The summed E-state index contributed by atoms with van der Waals surface area (Å²) in [6, 6.07) is 10.8.